The minimum Gasteiger partial charge on any atom is -0.406 e. The molecule has 9 heteroatoms. The first-order valence-corrected chi connectivity index (χ1v) is 8.92. The lowest BCUT2D eigenvalue weighted by atomic mass is 10.1. The van der Waals surface area contributed by atoms with E-state index < -0.39 is 11.9 Å². The largest absolute Gasteiger partial charge is 0.573 e. The Morgan fingerprint density at radius 3 is 2.52 bits per heavy atom. The number of amides is 1. The van der Waals surface area contributed by atoms with Crippen LogP contribution >= 0.6 is 11.3 Å². The van der Waals surface area contributed by atoms with E-state index in [1.54, 1.807) is 6.07 Å². The zero-order valence-electron chi connectivity index (χ0n) is 15.1. The highest BCUT2D eigenvalue weighted by molar-refractivity contribution is 7.11. The van der Waals surface area contributed by atoms with Crippen molar-refractivity contribution >= 4 is 28.1 Å². The van der Waals surface area contributed by atoms with Crippen molar-refractivity contribution in [3.63, 3.8) is 0 Å². The van der Waals surface area contributed by atoms with Gasteiger partial charge in [0, 0.05) is 21.8 Å². The molecule has 0 saturated carbocycles. The van der Waals surface area contributed by atoms with Gasteiger partial charge in [-0.25, -0.2) is 4.98 Å². The lowest BCUT2D eigenvalue weighted by Crippen LogP contribution is -2.41. The summed E-state index contributed by atoms with van der Waals surface area (Å²) in [6.45, 7) is 7.57. The molecule has 1 amide bonds. The fourth-order valence-corrected chi connectivity index (χ4v) is 3.54. The van der Waals surface area contributed by atoms with Gasteiger partial charge in [-0.3, -0.25) is 4.79 Å². The van der Waals surface area contributed by atoms with Crippen LogP contribution in [-0.2, 0) is 5.54 Å². The molecular formula is C18H18F3N3O2S. The van der Waals surface area contributed by atoms with Gasteiger partial charge in [0.2, 0.25) is 0 Å². The van der Waals surface area contributed by atoms with E-state index in [1.165, 1.54) is 29.5 Å². The second kappa shape index (κ2) is 6.56. The number of benzene rings is 1. The number of H-pyrrole nitrogens is 1. The number of rotatable bonds is 4. The lowest BCUT2D eigenvalue weighted by molar-refractivity contribution is -0.274. The molecule has 2 aromatic heterocycles. The van der Waals surface area contributed by atoms with E-state index >= 15 is 0 Å². The maximum atomic E-state index is 12.6. The Morgan fingerprint density at radius 2 is 1.93 bits per heavy atom. The van der Waals surface area contributed by atoms with Crippen LogP contribution in [0.25, 0.3) is 10.9 Å². The molecule has 0 saturated heterocycles. The van der Waals surface area contributed by atoms with Crippen LogP contribution in [0.2, 0.25) is 0 Å². The van der Waals surface area contributed by atoms with Gasteiger partial charge in [0.05, 0.1) is 11.2 Å². The van der Waals surface area contributed by atoms with Gasteiger partial charge in [-0.15, -0.1) is 24.5 Å². The van der Waals surface area contributed by atoms with Crippen molar-refractivity contribution in [1.82, 2.24) is 15.3 Å². The smallest absolute Gasteiger partial charge is 0.406 e. The molecule has 0 aliphatic heterocycles. The van der Waals surface area contributed by atoms with Crippen LogP contribution in [0.3, 0.4) is 0 Å². The maximum Gasteiger partial charge on any atom is 0.573 e. The Labute approximate surface area is 157 Å². The lowest BCUT2D eigenvalue weighted by Gasteiger charge is -2.23. The molecular weight excluding hydrogens is 379 g/mol. The minimum atomic E-state index is -4.77. The predicted octanol–water partition coefficient (Wildman–Crippen LogP) is 4.80. The summed E-state index contributed by atoms with van der Waals surface area (Å²) < 4.78 is 41.0. The van der Waals surface area contributed by atoms with Crippen LogP contribution in [0.15, 0.2) is 24.3 Å². The second-order valence-corrected chi connectivity index (χ2v) is 7.92. The van der Waals surface area contributed by atoms with Gasteiger partial charge < -0.3 is 15.0 Å². The number of fused-ring (bicyclic) bond motifs is 1. The summed E-state index contributed by atoms with van der Waals surface area (Å²) >= 11 is 1.51. The highest BCUT2D eigenvalue weighted by atomic mass is 32.1. The molecule has 1 aromatic carbocycles. The number of hydrogen-bond acceptors (Lipinski definition) is 4. The fraction of sp³-hybridized carbons (Fsp3) is 0.333. The van der Waals surface area contributed by atoms with Gasteiger partial charge >= 0.3 is 6.36 Å². The number of thiazole rings is 1. The monoisotopic (exact) mass is 397 g/mol. The number of halogens is 3. The molecule has 5 nitrogen and oxygen atoms in total. The second-order valence-electron chi connectivity index (χ2n) is 6.72. The van der Waals surface area contributed by atoms with Crippen LogP contribution in [0.4, 0.5) is 13.2 Å². The van der Waals surface area contributed by atoms with Crippen molar-refractivity contribution in [2.75, 3.05) is 0 Å². The average Bonchev–Trinajstić information content (AvgIpc) is 3.09. The quantitative estimate of drug-likeness (QED) is 0.664. The SMILES string of the molecule is Cc1nc(C(C)(C)NC(=O)c2cc3ccc(OC(F)(F)F)cc3[nH]2)sc1C. The van der Waals surface area contributed by atoms with E-state index in [0.717, 1.165) is 15.6 Å². The van der Waals surface area contributed by atoms with E-state index in [4.69, 9.17) is 0 Å². The summed E-state index contributed by atoms with van der Waals surface area (Å²) in [5.74, 6) is -0.724. The zero-order chi connectivity index (χ0) is 20.0. The predicted molar refractivity (Wildman–Crippen MR) is 97.1 cm³/mol. The van der Waals surface area contributed by atoms with Crippen molar-refractivity contribution in [1.29, 1.82) is 0 Å². The first-order chi connectivity index (χ1) is 12.4. The summed E-state index contributed by atoms with van der Waals surface area (Å²) in [5, 5.41) is 4.30. The molecule has 0 fully saturated rings. The van der Waals surface area contributed by atoms with Gasteiger partial charge in [0.1, 0.15) is 16.5 Å². The molecule has 2 heterocycles. The van der Waals surface area contributed by atoms with Gasteiger partial charge in [-0.05, 0) is 45.9 Å². The standard InChI is InChI=1S/C18H18F3N3O2S/c1-9-10(2)27-16(22-9)17(3,4)24-15(25)14-7-11-5-6-12(8-13(11)23-14)26-18(19,20)21/h5-8,23H,1-4H3,(H,24,25). The molecule has 0 aliphatic carbocycles. The van der Waals surface area contributed by atoms with E-state index in [1.807, 2.05) is 27.7 Å². The summed E-state index contributed by atoms with van der Waals surface area (Å²) in [7, 11) is 0. The third kappa shape index (κ3) is 4.24. The minimum absolute atomic E-state index is 0.243. The molecule has 144 valence electrons. The number of alkyl halides is 3. The number of aromatic amines is 1. The molecule has 0 bridgehead atoms. The van der Waals surface area contributed by atoms with Gasteiger partial charge in [0.15, 0.2) is 0 Å². The fourth-order valence-electron chi connectivity index (χ4n) is 2.57. The Hall–Kier alpha value is -2.55. The zero-order valence-corrected chi connectivity index (χ0v) is 15.9. The highest BCUT2D eigenvalue weighted by Gasteiger charge is 2.31. The van der Waals surface area contributed by atoms with Crippen molar-refractivity contribution in [3.05, 3.63) is 45.5 Å². The summed E-state index contributed by atoms with van der Waals surface area (Å²) in [5.41, 5.74) is 0.843. The first kappa shape index (κ1) is 19.2. The van der Waals surface area contributed by atoms with E-state index in [0.29, 0.717) is 10.9 Å². The summed E-state index contributed by atoms with van der Waals surface area (Å²) in [4.78, 5) is 21.0. The number of hydrogen-bond donors (Lipinski definition) is 2. The normalized spacial score (nSPS) is 12.4. The molecule has 0 aliphatic rings. The molecule has 0 spiro atoms. The number of aromatic nitrogens is 2. The topological polar surface area (TPSA) is 67.0 Å². The Kier molecular flexibility index (Phi) is 4.67. The molecule has 3 aromatic rings. The number of nitrogens with one attached hydrogen (secondary N) is 2. The molecule has 2 N–H and O–H groups in total. The molecule has 3 rings (SSSR count). The van der Waals surface area contributed by atoms with Crippen molar-refractivity contribution in [3.8, 4) is 5.75 Å². The van der Waals surface area contributed by atoms with Gasteiger partial charge in [-0.1, -0.05) is 0 Å². The van der Waals surface area contributed by atoms with Crippen LogP contribution in [-0.4, -0.2) is 22.2 Å². The summed E-state index contributed by atoms with van der Waals surface area (Å²) in [6.07, 6.45) is -4.77. The van der Waals surface area contributed by atoms with Gasteiger partial charge in [-0.2, -0.15) is 0 Å². The van der Waals surface area contributed by atoms with Crippen molar-refractivity contribution in [2.45, 2.75) is 39.6 Å². The Bertz CT molecular complexity index is 986. The van der Waals surface area contributed by atoms with Crippen molar-refractivity contribution < 1.29 is 22.7 Å². The van der Waals surface area contributed by atoms with E-state index in [2.05, 4.69) is 20.0 Å². The third-order valence-electron chi connectivity index (χ3n) is 4.06. The van der Waals surface area contributed by atoms with Crippen LogP contribution in [0.1, 0.15) is 39.9 Å². The third-order valence-corrected chi connectivity index (χ3v) is 5.46. The molecule has 0 radical (unpaired) electrons. The summed E-state index contributed by atoms with van der Waals surface area (Å²) in [6, 6.07) is 5.45. The van der Waals surface area contributed by atoms with Gasteiger partial charge in [0.25, 0.3) is 5.91 Å². The molecule has 0 unspecified atom stereocenters. The Morgan fingerprint density at radius 1 is 1.22 bits per heavy atom. The van der Waals surface area contributed by atoms with E-state index in [-0.39, 0.29) is 17.4 Å². The number of ether oxygens (including phenoxy) is 1. The van der Waals surface area contributed by atoms with Crippen LogP contribution in [0.5, 0.6) is 5.75 Å². The van der Waals surface area contributed by atoms with E-state index in [9.17, 15) is 18.0 Å². The number of carbonyl (C=O) groups is 1. The highest BCUT2D eigenvalue weighted by Crippen LogP contribution is 2.29. The van der Waals surface area contributed by atoms with Crippen molar-refractivity contribution in [2.24, 2.45) is 0 Å². The number of carbonyl (C=O) groups excluding carboxylic acids is 1. The number of aryl methyl sites for hydroxylation is 2. The average molecular weight is 397 g/mol. The molecule has 0 atom stereocenters. The maximum absolute atomic E-state index is 12.6. The number of nitrogens with zero attached hydrogens (tertiary/aromatic N) is 1. The molecule has 27 heavy (non-hydrogen) atoms. The van der Waals surface area contributed by atoms with Crippen LogP contribution < -0.4 is 10.1 Å². The van der Waals surface area contributed by atoms with Crippen LogP contribution in [0, 0.1) is 13.8 Å². The first-order valence-electron chi connectivity index (χ1n) is 8.10. The Balaban J connectivity index is 1.83.